The Bertz CT molecular complexity index is 652. The van der Waals surface area contributed by atoms with E-state index >= 15 is 0 Å². The van der Waals surface area contributed by atoms with Crippen molar-refractivity contribution in [3.05, 3.63) is 47.5 Å². The van der Waals surface area contributed by atoms with Gasteiger partial charge in [0.2, 0.25) is 0 Å². The Kier molecular flexibility index (Phi) is 10.5. The Labute approximate surface area is 178 Å². The van der Waals surface area contributed by atoms with Crippen LogP contribution >= 0.6 is 46.4 Å². The fourth-order valence-electron chi connectivity index (χ4n) is 3.48. The molecule has 0 amide bonds. The number of alkyl halides is 4. The van der Waals surface area contributed by atoms with Crippen LogP contribution in [-0.2, 0) is 12.8 Å². The van der Waals surface area contributed by atoms with Crippen molar-refractivity contribution in [3.63, 3.8) is 0 Å². The summed E-state index contributed by atoms with van der Waals surface area (Å²) in [6.07, 6.45) is 10.9. The van der Waals surface area contributed by atoms with Crippen LogP contribution in [0.1, 0.15) is 62.5 Å². The van der Waals surface area contributed by atoms with Crippen molar-refractivity contribution in [1.82, 2.24) is 0 Å². The fourth-order valence-corrected chi connectivity index (χ4v) is 4.10. The molecule has 0 aliphatic carbocycles. The number of fused-ring (bicyclic) bond motifs is 1. The minimum Gasteiger partial charge on any atom is -0.105 e. The van der Waals surface area contributed by atoms with Crippen LogP contribution < -0.4 is 0 Å². The zero-order valence-electron chi connectivity index (χ0n) is 15.2. The minimum atomic E-state index is -0.233. The highest BCUT2D eigenvalue weighted by Crippen LogP contribution is 2.26. The third kappa shape index (κ3) is 7.85. The highest BCUT2D eigenvalue weighted by molar-refractivity contribution is 6.44. The normalized spacial score (nSPS) is 11.8. The molecule has 0 saturated heterocycles. The lowest BCUT2D eigenvalue weighted by molar-refractivity contribution is 0.646. The summed E-state index contributed by atoms with van der Waals surface area (Å²) in [7, 11) is 0. The Morgan fingerprint density at radius 2 is 1.23 bits per heavy atom. The summed E-state index contributed by atoms with van der Waals surface area (Å²) in [5.41, 5.74) is 3.01. The summed E-state index contributed by atoms with van der Waals surface area (Å²) < 4.78 is 0. The lowest BCUT2D eigenvalue weighted by Gasteiger charge is -2.14. The highest BCUT2D eigenvalue weighted by Gasteiger charge is 2.08. The summed E-state index contributed by atoms with van der Waals surface area (Å²) in [5.74, 6) is 0. The van der Waals surface area contributed by atoms with E-state index in [0.29, 0.717) is 0 Å². The van der Waals surface area contributed by atoms with Gasteiger partial charge in [-0.3, -0.25) is 0 Å². The van der Waals surface area contributed by atoms with E-state index in [1.165, 1.54) is 47.6 Å². The van der Waals surface area contributed by atoms with E-state index in [9.17, 15) is 0 Å². The van der Waals surface area contributed by atoms with Gasteiger partial charge in [0.25, 0.3) is 0 Å². The van der Waals surface area contributed by atoms with Gasteiger partial charge >= 0.3 is 0 Å². The van der Waals surface area contributed by atoms with Crippen LogP contribution in [0.4, 0.5) is 0 Å². The van der Waals surface area contributed by atoms with E-state index < -0.39 is 0 Å². The SMILES string of the molecule is ClC(Cl)CCCCCc1ccc2ccccc2c1CCCCCC(Cl)Cl. The Balaban J connectivity index is 1.98. The molecule has 0 bridgehead atoms. The maximum atomic E-state index is 5.83. The molecule has 144 valence electrons. The molecular formula is C22H28Cl4. The van der Waals surface area contributed by atoms with Gasteiger partial charge in [0.1, 0.15) is 9.67 Å². The molecule has 0 fully saturated rings. The molecule has 0 nitrogen and oxygen atoms in total. The zero-order valence-corrected chi connectivity index (χ0v) is 18.2. The van der Waals surface area contributed by atoms with Crippen molar-refractivity contribution in [3.8, 4) is 0 Å². The second-order valence-corrected chi connectivity index (χ2v) is 9.46. The van der Waals surface area contributed by atoms with Crippen molar-refractivity contribution in [2.45, 2.75) is 73.9 Å². The average Bonchev–Trinajstić information content (AvgIpc) is 2.61. The Hall–Kier alpha value is -0.140. The molecule has 0 N–H and O–H groups in total. The van der Waals surface area contributed by atoms with Gasteiger partial charge in [0.15, 0.2) is 0 Å². The summed E-state index contributed by atoms with van der Waals surface area (Å²) in [4.78, 5) is -0.463. The average molecular weight is 434 g/mol. The van der Waals surface area contributed by atoms with E-state index in [-0.39, 0.29) is 9.67 Å². The molecule has 2 aromatic carbocycles. The van der Waals surface area contributed by atoms with Crippen molar-refractivity contribution in [2.75, 3.05) is 0 Å². The first-order valence-electron chi connectivity index (χ1n) is 9.63. The monoisotopic (exact) mass is 432 g/mol. The summed E-state index contributed by atoms with van der Waals surface area (Å²) in [5, 5.41) is 2.74. The first-order valence-corrected chi connectivity index (χ1v) is 11.4. The largest absolute Gasteiger partial charge is 0.107 e. The Morgan fingerprint density at radius 3 is 1.88 bits per heavy atom. The van der Waals surface area contributed by atoms with Gasteiger partial charge in [-0.15, -0.1) is 46.4 Å². The lowest BCUT2D eigenvalue weighted by atomic mass is 9.92. The topological polar surface area (TPSA) is 0 Å². The van der Waals surface area contributed by atoms with E-state index in [2.05, 4.69) is 36.4 Å². The van der Waals surface area contributed by atoms with Crippen LogP contribution in [0.25, 0.3) is 10.8 Å². The maximum absolute atomic E-state index is 5.83. The number of hydrogen-bond donors (Lipinski definition) is 0. The van der Waals surface area contributed by atoms with E-state index in [4.69, 9.17) is 46.4 Å². The van der Waals surface area contributed by atoms with E-state index in [1.807, 2.05) is 0 Å². The van der Waals surface area contributed by atoms with Crippen LogP contribution in [-0.4, -0.2) is 9.67 Å². The Morgan fingerprint density at radius 1 is 0.615 bits per heavy atom. The molecule has 0 radical (unpaired) electrons. The van der Waals surface area contributed by atoms with Crippen molar-refractivity contribution < 1.29 is 0 Å². The van der Waals surface area contributed by atoms with Gasteiger partial charge < -0.3 is 0 Å². The predicted molar refractivity (Wildman–Crippen MR) is 119 cm³/mol. The molecule has 4 heteroatoms. The van der Waals surface area contributed by atoms with Gasteiger partial charge in [-0.25, -0.2) is 0 Å². The number of rotatable bonds is 12. The first kappa shape index (κ1) is 22.2. The minimum absolute atomic E-state index is 0.230. The van der Waals surface area contributed by atoms with Crippen LogP contribution in [0.3, 0.4) is 0 Å². The molecule has 0 heterocycles. The lowest BCUT2D eigenvalue weighted by Crippen LogP contribution is -1.98. The molecule has 26 heavy (non-hydrogen) atoms. The molecule has 2 rings (SSSR count). The molecule has 0 atom stereocenters. The standard InChI is InChI=1S/C22H28Cl4/c23-21(24)13-5-1-3-9-17-15-16-18-10-7-8-12-20(18)19(17)11-4-2-6-14-22(25)26/h7-8,10,12,15-16,21-22H,1-6,9,11,13-14H2. The zero-order chi connectivity index (χ0) is 18.8. The molecule has 0 aliphatic rings. The van der Waals surface area contributed by atoms with Gasteiger partial charge in [0, 0.05) is 0 Å². The predicted octanol–water partition coefficient (Wildman–Crippen LogP) is 8.65. The number of aryl methyl sites for hydroxylation is 2. The third-order valence-electron chi connectivity index (χ3n) is 4.86. The summed E-state index contributed by atoms with van der Waals surface area (Å²) in [6.45, 7) is 0. The van der Waals surface area contributed by atoms with Crippen LogP contribution in [0.2, 0.25) is 0 Å². The quantitative estimate of drug-likeness (QED) is 0.232. The van der Waals surface area contributed by atoms with Gasteiger partial charge in [-0.05, 0) is 60.4 Å². The highest BCUT2D eigenvalue weighted by atomic mass is 35.5. The first-order chi connectivity index (χ1) is 12.6. The second-order valence-electron chi connectivity index (χ2n) is 6.91. The van der Waals surface area contributed by atoms with Crippen LogP contribution in [0.15, 0.2) is 36.4 Å². The molecule has 0 saturated carbocycles. The number of halogens is 4. The second kappa shape index (κ2) is 12.3. The smallest absolute Gasteiger partial charge is 0.105 e. The van der Waals surface area contributed by atoms with Gasteiger partial charge in [0.05, 0.1) is 0 Å². The maximum Gasteiger partial charge on any atom is 0.107 e. The molecule has 0 unspecified atom stereocenters. The summed E-state index contributed by atoms with van der Waals surface area (Å²) in [6, 6.07) is 13.3. The van der Waals surface area contributed by atoms with Crippen molar-refractivity contribution in [2.24, 2.45) is 0 Å². The number of benzene rings is 2. The molecule has 0 aliphatic heterocycles. The summed E-state index contributed by atoms with van der Waals surface area (Å²) >= 11 is 23.3. The third-order valence-corrected chi connectivity index (χ3v) is 5.73. The van der Waals surface area contributed by atoms with Gasteiger partial charge in [-0.2, -0.15) is 0 Å². The number of hydrogen-bond acceptors (Lipinski definition) is 0. The van der Waals surface area contributed by atoms with E-state index in [0.717, 1.165) is 38.5 Å². The fraction of sp³-hybridized carbons (Fsp3) is 0.545. The number of unbranched alkanes of at least 4 members (excludes halogenated alkanes) is 4. The van der Waals surface area contributed by atoms with Crippen LogP contribution in [0.5, 0.6) is 0 Å². The van der Waals surface area contributed by atoms with Gasteiger partial charge in [-0.1, -0.05) is 62.1 Å². The molecule has 2 aromatic rings. The van der Waals surface area contributed by atoms with Crippen molar-refractivity contribution >= 4 is 57.2 Å². The van der Waals surface area contributed by atoms with Crippen LogP contribution in [0, 0.1) is 0 Å². The molecular weight excluding hydrogens is 406 g/mol. The van der Waals surface area contributed by atoms with E-state index in [1.54, 1.807) is 0 Å². The van der Waals surface area contributed by atoms with Crippen molar-refractivity contribution in [1.29, 1.82) is 0 Å². The molecule has 0 spiro atoms. The molecule has 0 aromatic heterocycles.